The highest BCUT2D eigenvalue weighted by Crippen LogP contribution is 2.21. The van der Waals surface area contributed by atoms with E-state index < -0.39 is 0 Å². The number of methoxy groups -OCH3 is 1. The van der Waals surface area contributed by atoms with Crippen molar-refractivity contribution in [2.24, 2.45) is 0 Å². The summed E-state index contributed by atoms with van der Waals surface area (Å²) in [4.78, 5) is 2.41. The Bertz CT molecular complexity index is 812. The highest BCUT2D eigenvalue weighted by Gasteiger charge is 2.22. The van der Waals surface area contributed by atoms with E-state index in [0.717, 1.165) is 49.9 Å². The number of rotatable bonds is 8. The van der Waals surface area contributed by atoms with Crippen LogP contribution >= 0.6 is 0 Å². The number of nitrogens with zero attached hydrogens (tertiary/aromatic N) is 1. The second-order valence-electron chi connectivity index (χ2n) is 8.75. The lowest BCUT2D eigenvalue weighted by Crippen LogP contribution is -2.55. The number of benzene rings is 2. The minimum Gasteiger partial charge on any atom is -0.497 e. The maximum absolute atomic E-state index is 5.95. The smallest absolute Gasteiger partial charge is 0.132 e. The van der Waals surface area contributed by atoms with Crippen LogP contribution in [0.4, 0.5) is 5.69 Å². The molecule has 7 nitrogen and oxygen atoms in total. The van der Waals surface area contributed by atoms with Crippen LogP contribution in [-0.2, 0) is 4.74 Å². The molecule has 2 atom stereocenters. The number of ether oxygens (including phenoxy) is 3. The fraction of sp³-hybridized carbons (Fsp3) is 0.520. The lowest BCUT2D eigenvalue weighted by Gasteiger charge is -2.35. The minimum atomic E-state index is 0.0431. The van der Waals surface area contributed by atoms with Gasteiger partial charge in [-0.1, -0.05) is 12.1 Å². The Kier molecular flexibility index (Phi) is 7.86. The van der Waals surface area contributed by atoms with Crippen LogP contribution in [0.3, 0.4) is 0 Å². The molecule has 0 radical (unpaired) electrons. The van der Waals surface area contributed by atoms with E-state index in [4.69, 9.17) is 14.2 Å². The molecule has 7 heteroatoms. The van der Waals surface area contributed by atoms with Gasteiger partial charge in [-0.2, -0.15) is 0 Å². The molecule has 2 unspecified atom stereocenters. The van der Waals surface area contributed by atoms with E-state index in [0.29, 0.717) is 12.5 Å². The number of morpholine rings is 1. The molecular formula is C25H36N4O3. The second kappa shape index (κ2) is 11.0. The van der Waals surface area contributed by atoms with Crippen LogP contribution in [0.15, 0.2) is 48.5 Å². The van der Waals surface area contributed by atoms with Crippen molar-refractivity contribution in [1.29, 1.82) is 0 Å². The van der Waals surface area contributed by atoms with Gasteiger partial charge in [-0.15, -0.1) is 0 Å². The van der Waals surface area contributed by atoms with Gasteiger partial charge in [0.2, 0.25) is 0 Å². The lowest BCUT2D eigenvalue weighted by molar-refractivity contribution is -0.0699. The predicted octanol–water partition coefficient (Wildman–Crippen LogP) is 2.86. The molecule has 2 aromatic rings. The second-order valence-corrected chi connectivity index (χ2v) is 8.75. The van der Waals surface area contributed by atoms with Crippen LogP contribution in [0.1, 0.15) is 25.3 Å². The zero-order valence-electron chi connectivity index (χ0n) is 19.3. The topological polar surface area (TPSA) is 67.0 Å². The highest BCUT2D eigenvalue weighted by atomic mass is 16.5. The fourth-order valence-corrected chi connectivity index (χ4v) is 4.45. The van der Waals surface area contributed by atoms with E-state index in [9.17, 15) is 0 Å². The molecule has 3 N–H and O–H groups in total. The molecule has 32 heavy (non-hydrogen) atoms. The normalized spacial score (nSPS) is 26.5. The summed E-state index contributed by atoms with van der Waals surface area (Å²) in [5, 5.41) is 10.6. The summed E-state index contributed by atoms with van der Waals surface area (Å²) in [7, 11) is 1.69. The molecule has 0 aromatic heterocycles. The van der Waals surface area contributed by atoms with Gasteiger partial charge in [-0.3, -0.25) is 15.5 Å². The molecule has 4 rings (SSSR count). The van der Waals surface area contributed by atoms with E-state index >= 15 is 0 Å². The third kappa shape index (κ3) is 6.36. The van der Waals surface area contributed by atoms with Crippen molar-refractivity contribution < 1.29 is 14.2 Å². The summed E-state index contributed by atoms with van der Waals surface area (Å²) in [6, 6.07) is 16.5. The maximum atomic E-state index is 5.95. The summed E-state index contributed by atoms with van der Waals surface area (Å²) in [5.74, 6) is 2.23. The van der Waals surface area contributed by atoms with Gasteiger partial charge in [0.1, 0.15) is 24.4 Å². The van der Waals surface area contributed by atoms with Crippen LogP contribution in [-0.4, -0.2) is 69.8 Å². The van der Waals surface area contributed by atoms with E-state index in [-0.39, 0.29) is 18.5 Å². The van der Waals surface area contributed by atoms with Crippen molar-refractivity contribution in [3.8, 4) is 11.5 Å². The van der Waals surface area contributed by atoms with E-state index in [1.54, 1.807) is 7.11 Å². The van der Waals surface area contributed by atoms with Crippen LogP contribution in [0, 0.1) is 0 Å². The largest absolute Gasteiger partial charge is 0.497 e. The summed E-state index contributed by atoms with van der Waals surface area (Å²) < 4.78 is 17.0. The van der Waals surface area contributed by atoms with Gasteiger partial charge in [-0.25, -0.2) is 0 Å². The monoisotopic (exact) mass is 440 g/mol. The molecule has 2 aromatic carbocycles. The number of hydrogen-bond donors (Lipinski definition) is 3. The molecule has 2 aliphatic rings. The number of anilines is 1. The fourth-order valence-electron chi connectivity index (χ4n) is 4.45. The molecule has 0 aliphatic carbocycles. The van der Waals surface area contributed by atoms with Crippen molar-refractivity contribution >= 4 is 5.69 Å². The van der Waals surface area contributed by atoms with Crippen LogP contribution in [0.25, 0.3) is 0 Å². The minimum absolute atomic E-state index is 0.0431. The van der Waals surface area contributed by atoms with Crippen molar-refractivity contribution in [3.05, 3.63) is 54.1 Å². The summed E-state index contributed by atoms with van der Waals surface area (Å²) in [6.45, 7) is 9.63. The summed E-state index contributed by atoms with van der Waals surface area (Å²) in [5.41, 5.74) is 2.37. The Balaban J connectivity index is 1.18. The molecule has 174 valence electrons. The molecule has 0 spiro atoms. The van der Waals surface area contributed by atoms with Crippen LogP contribution in [0.5, 0.6) is 11.5 Å². The van der Waals surface area contributed by atoms with Crippen molar-refractivity contribution in [3.63, 3.8) is 0 Å². The molecule has 0 amide bonds. The Morgan fingerprint density at radius 1 is 0.938 bits per heavy atom. The summed E-state index contributed by atoms with van der Waals surface area (Å²) >= 11 is 0. The van der Waals surface area contributed by atoms with Crippen LogP contribution in [0.2, 0.25) is 0 Å². The third-order valence-electron chi connectivity index (χ3n) is 6.06. The molecule has 2 aliphatic heterocycles. The number of hydrogen-bond acceptors (Lipinski definition) is 7. The summed E-state index contributed by atoms with van der Waals surface area (Å²) in [6.07, 6.45) is 0.622. The van der Waals surface area contributed by atoms with Gasteiger partial charge in [0, 0.05) is 44.3 Å². The molecule has 2 fully saturated rings. The van der Waals surface area contributed by atoms with Crippen molar-refractivity contribution in [2.45, 2.75) is 38.3 Å². The first kappa shape index (κ1) is 22.9. The van der Waals surface area contributed by atoms with E-state index in [2.05, 4.69) is 59.0 Å². The number of nitrogens with one attached hydrogen (secondary N) is 3. The maximum Gasteiger partial charge on any atom is 0.132 e. The van der Waals surface area contributed by atoms with E-state index in [1.807, 2.05) is 24.3 Å². The third-order valence-corrected chi connectivity index (χ3v) is 6.06. The molecule has 2 saturated heterocycles. The average Bonchev–Trinajstić information content (AvgIpc) is 2.80. The van der Waals surface area contributed by atoms with Crippen LogP contribution < -0.4 is 25.4 Å². The Labute approximate surface area is 191 Å². The highest BCUT2D eigenvalue weighted by molar-refractivity contribution is 5.47. The molecular weight excluding hydrogens is 404 g/mol. The quantitative estimate of drug-likeness (QED) is 0.583. The standard InChI is InChI=1S/C25H36N4O3/c1-18-16-29(17-19(2)32-18)12-13-31-24-10-6-22(7-11-24)28-25-26-14-21(15-27-25)20-4-8-23(30-3)9-5-20/h4-11,18-19,21,25-28H,12-17H2,1-3H3. The Morgan fingerprint density at radius 3 is 2.19 bits per heavy atom. The average molecular weight is 441 g/mol. The van der Waals surface area contributed by atoms with Crippen molar-refractivity contribution in [1.82, 2.24) is 15.5 Å². The first-order valence-electron chi connectivity index (χ1n) is 11.6. The Hall–Kier alpha value is -2.32. The van der Waals surface area contributed by atoms with Gasteiger partial charge in [-0.05, 0) is 55.8 Å². The van der Waals surface area contributed by atoms with Gasteiger partial charge in [0.15, 0.2) is 0 Å². The lowest BCUT2D eigenvalue weighted by atomic mass is 9.97. The van der Waals surface area contributed by atoms with E-state index in [1.165, 1.54) is 5.56 Å². The van der Waals surface area contributed by atoms with Gasteiger partial charge >= 0.3 is 0 Å². The molecule has 0 saturated carbocycles. The van der Waals surface area contributed by atoms with Gasteiger partial charge in [0.25, 0.3) is 0 Å². The zero-order chi connectivity index (χ0) is 22.3. The first-order chi connectivity index (χ1) is 15.6. The predicted molar refractivity (Wildman–Crippen MR) is 128 cm³/mol. The SMILES string of the molecule is COc1ccc(C2CNC(Nc3ccc(OCCN4CC(C)OC(C)C4)cc3)NC2)cc1. The van der Waals surface area contributed by atoms with Gasteiger partial charge < -0.3 is 19.5 Å². The molecule has 2 heterocycles. The van der Waals surface area contributed by atoms with Gasteiger partial charge in [0.05, 0.1) is 19.3 Å². The van der Waals surface area contributed by atoms with Crippen molar-refractivity contribution in [2.75, 3.05) is 51.8 Å². The molecule has 0 bridgehead atoms. The zero-order valence-corrected chi connectivity index (χ0v) is 19.3. The Morgan fingerprint density at radius 2 is 1.56 bits per heavy atom. The first-order valence-corrected chi connectivity index (χ1v) is 11.6.